The smallest absolute Gasteiger partial charge is 0.417 e. The number of halogens is 6. The lowest BCUT2D eigenvalue weighted by Crippen LogP contribution is -2.53. The second kappa shape index (κ2) is 13.9. The summed E-state index contributed by atoms with van der Waals surface area (Å²) in [5.41, 5.74) is 1.89. The maximum Gasteiger partial charge on any atom is 0.417 e. The number of anilines is 2. The Hall–Kier alpha value is -4.60. The number of aromatic nitrogens is 2. The van der Waals surface area contributed by atoms with E-state index in [1.165, 1.54) is 0 Å². The van der Waals surface area contributed by atoms with E-state index in [-0.39, 0.29) is 88.2 Å². The molecule has 8 rings (SSSR count). The van der Waals surface area contributed by atoms with Gasteiger partial charge in [0.15, 0.2) is 5.82 Å². The van der Waals surface area contributed by atoms with Gasteiger partial charge in [-0.05, 0) is 50.4 Å². The molecule has 2 N–H and O–H groups in total. The Labute approximate surface area is 316 Å². The number of benzene rings is 2. The van der Waals surface area contributed by atoms with Gasteiger partial charge in [0.2, 0.25) is 0 Å². The molecule has 0 bridgehead atoms. The first-order chi connectivity index (χ1) is 26.2. The second-order valence-corrected chi connectivity index (χ2v) is 15.8. The van der Waals surface area contributed by atoms with Crippen molar-refractivity contribution in [1.82, 2.24) is 24.7 Å². The number of carbonyl (C=O) groups is 1. The molecule has 292 valence electrons. The van der Waals surface area contributed by atoms with Crippen LogP contribution in [0.1, 0.15) is 43.7 Å². The van der Waals surface area contributed by atoms with Crippen LogP contribution in [0, 0.1) is 23.0 Å². The van der Waals surface area contributed by atoms with E-state index in [0.29, 0.717) is 50.5 Å². The summed E-state index contributed by atoms with van der Waals surface area (Å²) in [7, 11) is 1.69. The van der Waals surface area contributed by atoms with E-state index in [2.05, 4.69) is 9.97 Å². The summed E-state index contributed by atoms with van der Waals surface area (Å²) >= 11 is 0.679. The number of nitrogens with two attached hydrogens (primary N) is 1. The zero-order valence-corrected chi connectivity index (χ0v) is 30.9. The zero-order valence-electron chi connectivity index (χ0n) is 30.1. The Morgan fingerprint density at radius 3 is 2.67 bits per heavy atom. The van der Waals surface area contributed by atoms with Crippen molar-refractivity contribution >= 4 is 49.2 Å². The van der Waals surface area contributed by atoms with Gasteiger partial charge in [-0.2, -0.15) is 28.4 Å². The van der Waals surface area contributed by atoms with Gasteiger partial charge in [0.05, 0.1) is 40.6 Å². The summed E-state index contributed by atoms with van der Waals surface area (Å²) < 4.78 is 104. The fraction of sp³-hybridized carbons (Fsp3) is 0.514. The number of nitrogens with zero attached hydrogens (tertiary/aromatic N) is 7. The molecule has 3 atom stereocenters. The van der Waals surface area contributed by atoms with Crippen LogP contribution < -0.4 is 15.4 Å². The monoisotopic (exact) mass is 788 g/mol. The SMILES string of the molecule is CCN(c1nc(OCC23CCCN2CC(F)C3)nc2c(F)c(-c3ccc(F)c4sc(N)c(C#N)c34)c(C(F)(F)F)cc12)C1CCN(C(=O)N(C)C2COC2)C1. The highest BCUT2D eigenvalue weighted by molar-refractivity contribution is 7.23. The summed E-state index contributed by atoms with van der Waals surface area (Å²) in [5, 5.41) is 9.26. The predicted molar refractivity (Wildman–Crippen MR) is 194 cm³/mol. The van der Waals surface area contributed by atoms with Gasteiger partial charge in [-0.1, -0.05) is 6.07 Å². The second-order valence-electron chi connectivity index (χ2n) is 14.7. The lowest BCUT2D eigenvalue weighted by Gasteiger charge is -2.37. The Morgan fingerprint density at radius 2 is 1.98 bits per heavy atom. The molecule has 0 radical (unpaired) electrons. The molecule has 55 heavy (non-hydrogen) atoms. The number of hydrogen-bond donors (Lipinski definition) is 1. The summed E-state index contributed by atoms with van der Waals surface area (Å²) in [4.78, 5) is 29.4. The number of nitriles is 1. The van der Waals surface area contributed by atoms with Crippen molar-refractivity contribution in [3.63, 3.8) is 0 Å². The van der Waals surface area contributed by atoms with Crippen molar-refractivity contribution in [3.05, 3.63) is 41.0 Å². The molecule has 2 aromatic carbocycles. The van der Waals surface area contributed by atoms with E-state index in [1.807, 2.05) is 11.0 Å². The van der Waals surface area contributed by atoms with Crippen LogP contribution in [-0.4, -0.2) is 114 Å². The zero-order chi connectivity index (χ0) is 39.0. The molecule has 4 saturated heterocycles. The van der Waals surface area contributed by atoms with Crippen LogP contribution in [-0.2, 0) is 10.9 Å². The summed E-state index contributed by atoms with van der Waals surface area (Å²) in [6.45, 7) is 4.34. The standard InChI is InChI=1S/C37H38F6N8O3S/c1-3-51(20-7-10-49(15-20)35(52)48(2)21-16-53-17-21)33-23-11-25(37(41,42)43)28(22-5-6-26(39)31-27(22)24(13-44)32(45)55-31)29(40)30(23)46-34(47-33)54-18-36-8-4-9-50(36)14-19(38)12-36/h5-6,11,19-21H,3-4,7-10,12,14-18,45H2,1-2H3. The Morgan fingerprint density at radius 1 is 1.20 bits per heavy atom. The summed E-state index contributed by atoms with van der Waals surface area (Å²) in [6.07, 6.45) is -4.04. The first-order valence-electron chi connectivity index (χ1n) is 18.1. The molecule has 4 fully saturated rings. The molecule has 0 saturated carbocycles. The summed E-state index contributed by atoms with van der Waals surface area (Å²) in [6, 6.07) is 3.52. The first kappa shape index (κ1) is 37.3. The average Bonchev–Trinajstić information content (AvgIpc) is 3.89. The number of hydrogen-bond acceptors (Lipinski definition) is 10. The predicted octanol–water partition coefficient (Wildman–Crippen LogP) is 6.57. The molecule has 0 aliphatic carbocycles. The van der Waals surface area contributed by atoms with E-state index < -0.39 is 52.2 Å². The number of ether oxygens (including phenoxy) is 2. The van der Waals surface area contributed by atoms with E-state index in [1.54, 1.807) is 28.7 Å². The van der Waals surface area contributed by atoms with E-state index in [0.717, 1.165) is 24.6 Å². The first-order valence-corrected chi connectivity index (χ1v) is 19.0. The van der Waals surface area contributed by atoms with Gasteiger partial charge < -0.3 is 29.9 Å². The molecule has 4 aliphatic heterocycles. The molecular weight excluding hydrogens is 751 g/mol. The third-order valence-electron chi connectivity index (χ3n) is 11.6. The van der Waals surface area contributed by atoms with Gasteiger partial charge in [0.25, 0.3) is 0 Å². The largest absolute Gasteiger partial charge is 0.461 e. The normalized spacial score (nSPS) is 23.0. The number of rotatable bonds is 8. The van der Waals surface area contributed by atoms with Gasteiger partial charge >= 0.3 is 18.2 Å². The minimum Gasteiger partial charge on any atom is -0.461 e. The number of urea groups is 1. The fourth-order valence-corrected chi connectivity index (χ4v) is 9.64. The molecule has 11 nitrogen and oxygen atoms in total. The van der Waals surface area contributed by atoms with Gasteiger partial charge in [-0.3, -0.25) is 4.90 Å². The van der Waals surface area contributed by atoms with Gasteiger partial charge in [-0.25, -0.2) is 18.0 Å². The Kier molecular flexibility index (Phi) is 9.40. The number of thiophene rings is 1. The quantitative estimate of drug-likeness (QED) is 0.198. The van der Waals surface area contributed by atoms with E-state index in [9.17, 15) is 14.4 Å². The Balaban J connectivity index is 1.28. The molecule has 4 aromatic rings. The van der Waals surface area contributed by atoms with Crippen LogP contribution in [0.3, 0.4) is 0 Å². The number of fused-ring (bicyclic) bond motifs is 3. The molecule has 0 spiro atoms. The molecule has 4 aliphatic rings. The maximum atomic E-state index is 17.3. The molecule has 6 heterocycles. The van der Waals surface area contributed by atoms with Crippen LogP contribution in [0.2, 0.25) is 0 Å². The highest BCUT2D eigenvalue weighted by Gasteiger charge is 2.49. The van der Waals surface area contributed by atoms with Crippen molar-refractivity contribution < 1.29 is 40.6 Å². The van der Waals surface area contributed by atoms with E-state index >= 15 is 22.0 Å². The minimum atomic E-state index is -5.13. The molecule has 2 amide bonds. The number of likely N-dealkylation sites (N-methyl/N-ethyl adjacent to an activating group) is 2. The number of alkyl halides is 4. The summed E-state index contributed by atoms with van der Waals surface area (Å²) in [5.74, 6) is -2.24. The highest BCUT2D eigenvalue weighted by atomic mass is 32.1. The lowest BCUT2D eigenvalue weighted by atomic mass is 9.92. The third kappa shape index (κ3) is 6.24. The molecule has 2 aromatic heterocycles. The fourth-order valence-electron chi connectivity index (χ4n) is 8.69. The van der Waals surface area contributed by atoms with Crippen molar-refractivity contribution in [2.24, 2.45) is 0 Å². The third-order valence-corrected chi connectivity index (χ3v) is 12.6. The van der Waals surface area contributed by atoms with Gasteiger partial charge in [-0.15, -0.1) is 11.3 Å². The van der Waals surface area contributed by atoms with Crippen LogP contribution in [0.15, 0.2) is 18.2 Å². The van der Waals surface area contributed by atoms with Crippen LogP contribution in [0.25, 0.3) is 32.1 Å². The van der Waals surface area contributed by atoms with Gasteiger partial charge in [0, 0.05) is 62.0 Å². The van der Waals surface area contributed by atoms with Crippen LogP contribution >= 0.6 is 11.3 Å². The number of amides is 2. The average molecular weight is 789 g/mol. The number of likely N-dealkylation sites (tertiary alicyclic amines) is 1. The molecule has 18 heteroatoms. The van der Waals surface area contributed by atoms with Crippen molar-refractivity contribution in [2.45, 2.75) is 62.6 Å². The Bertz CT molecular complexity index is 2230. The molecular formula is C37H38F6N8O3S. The lowest BCUT2D eigenvalue weighted by molar-refractivity contribution is -0.137. The van der Waals surface area contributed by atoms with E-state index in [4.69, 9.17) is 15.2 Å². The van der Waals surface area contributed by atoms with Crippen molar-refractivity contribution in [3.8, 4) is 23.2 Å². The molecule has 3 unspecified atom stereocenters. The number of carbonyl (C=O) groups excluding carboxylic acids is 1. The topological polar surface area (TPSA) is 124 Å². The highest BCUT2D eigenvalue weighted by Crippen LogP contribution is 2.48. The number of nitrogen functional groups attached to an aromatic ring is 1. The van der Waals surface area contributed by atoms with Crippen molar-refractivity contribution in [1.29, 1.82) is 5.26 Å². The minimum absolute atomic E-state index is 0.0270. The maximum absolute atomic E-state index is 17.3. The van der Waals surface area contributed by atoms with Gasteiger partial charge in [0.1, 0.15) is 41.0 Å². The van der Waals surface area contributed by atoms with Crippen LogP contribution in [0.4, 0.5) is 42.0 Å². The van der Waals surface area contributed by atoms with Crippen LogP contribution in [0.5, 0.6) is 6.01 Å². The van der Waals surface area contributed by atoms with Crippen molar-refractivity contribution in [2.75, 3.05) is 70.2 Å².